The number of carbonyl (C=O) groups excluding carboxylic acids is 1. The molecule has 0 saturated carbocycles. The Hall–Kier alpha value is -2.85. The van der Waals surface area contributed by atoms with Gasteiger partial charge >= 0.3 is 0 Å². The van der Waals surface area contributed by atoms with Crippen molar-refractivity contribution >= 4 is 45.0 Å². The molecule has 3 nitrogen and oxygen atoms in total. The van der Waals surface area contributed by atoms with Gasteiger partial charge in [0.1, 0.15) is 5.82 Å². The van der Waals surface area contributed by atoms with E-state index in [0.717, 1.165) is 28.2 Å². The minimum atomic E-state index is -0.644. The lowest BCUT2D eigenvalue weighted by Crippen LogP contribution is -2.14. The van der Waals surface area contributed by atoms with E-state index in [1.54, 1.807) is 6.07 Å². The maximum absolute atomic E-state index is 13.9. The second-order valence-electron chi connectivity index (χ2n) is 6.13. The zero-order valence-electron chi connectivity index (χ0n) is 14.1. The fourth-order valence-electron chi connectivity index (χ4n) is 3.27. The normalized spacial score (nSPS) is 11.2. The highest BCUT2D eigenvalue weighted by atomic mass is 35.5. The third-order valence-electron chi connectivity index (χ3n) is 4.55. The maximum Gasteiger partial charge on any atom is 0.260 e. The largest absolute Gasteiger partial charge is 0.354 e. The van der Waals surface area contributed by atoms with Crippen molar-refractivity contribution in [2.45, 2.75) is 13.3 Å². The summed E-state index contributed by atoms with van der Waals surface area (Å²) in [5, 5.41) is 5.03. The second kappa shape index (κ2) is 6.46. The molecule has 0 radical (unpaired) electrons. The fourth-order valence-corrected chi connectivity index (χ4v) is 3.52. The van der Waals surface area contributed by atoms with Crippen LogP contribution in [0.25, 0.3) is 21.8 Å². The van der Waals surface area contributed by atoms with Gasteiger partial charge in [-0.3, -0.25) is 4.79 Å². The number of fused-ring (bicyclic) bond motifs is 3. The topological polar surface area (TPSA) is 44.9 Å². The first kappa shape index (κ1) is 16.6. The van der Waals surface area contributed by atoms with Crippen molar-refractivity contribution < 1.29 is 9.18 Å². The summed E-state index contributed by atoms with van der Waals surface area (Å²) in [5.74, 6) is -1.22. The lowest BCUT2D eigenvalue weighted by atomic mass is 10.1. The van der Waals surface area contributed by atoms with Crippen LogP contribution >= 0.6 is 11.6 Å². The van der Waals surface area contributed by atoms with Gasteiger partial charge in [-0.1, -0.05) is 48.9 Å². The van der Waals surface area contributed by atoms with Crippen molar-refractivity contribution in [2.75, 3.05) is 5.32 Å². The van der Waals surface area contributed by atoms with Gasteiger partial charge in [-0.2, -0.15) is 0 Å². The van der Waals surface area contributed by atoms with Gasteiger partial charge in [-0.15, -0.1) is 0 Å². The monoisotopic (exact) mass is 366 g/mol. The summed E-state index contributed by atoms with van der Waals surface area (Å²) in [6.45, 7) is 2.12. The quantitative estimate of drug-likeness (QED) is 0.464. The highest BCUT2D eigenvalue weighted by Gasteiger charge is 2.16. The van der Waals surface area contributed by atoms with Crippen LogP contribution in [0.2, 0.25) is 5.02 Å². The Morgan fingerprint density at radius 3 is 2.69 bits per heavy atom. The highest BCUT2D eigenvalue weighted by Crippen LogP contribution is 2.30. The van der Waals surface area contributed by atoms with Gasteiger partial charge in [0.25, 0.3) is 5.91 Å². The van der Waals surface area contributed by atoms with Gasteiger partial charge in [0, 0.05) is 27.5 Å². The van der Waals surface area contributed by atoms with E-state index in [4.69, 9.17) is 11.6 Å². The van der Waals surface area contributed by atoms with Crippen LogP contribution in [0, 0.1) is 5.82 Å². The number of amides is 1. The number of para-hydroxylation sites is 1. The number of hydrogen-bond donors (Lipinski definition) is 2. The van der Waals surface area contributed by atoms with E-state index in [9.17, 15) is 9.18 Å². The van der Waals surface area contributed by atoms with Crippen LogP contribution in [-0.2, 0) is 6.42 Å². The standard InChI is InChI=1S/C21H16ClFN2O/c1-2-12-5-3-6-15-14-10-9-13(11-18(14)25-20(12)15)24-21(26)19-16(22)7-4-8-17(19)23/h3-11,25H,2H2,1H3,(H,24,26). The molecule has 4 rings (SSSR count). The molecule has 0 aliphatic heterocycles. The van der Waals surface area contributed by atoms with E-state index in [0.29, 0.717) is 5.69 Å². The molecule has 130 valence electrons. The Morgan fingerprint density at radius 2 is 1.92 bits per heavy atom. The molecular weight excluding hydrogens is 351 g/mol. The Kier molecular flexibility index (Phi) is 4.13. The number of halogens is 2. The number of carbonyl (C=O) groups is 1. The molecular formula is C21H16ClFN2O. The number of hydrogen-bond acceptors (Lipinski definition) is 1. The molecule has 1 aromatic heterocycles. The second-order valence-corrected chi connectivity index (χ2v) is 6.54. The first-order valence-corrected chi connectivity index (χ1v) is 8.75. The Morgan fingerprint density at radius 1 is 1.12 bits per heavy atom. The summed E-state index contributed by atoms with van der Waals surface area (Å²) >= 11 is 5.97. The Bertz CT molecular complexity index is 1130. The molecule has 0 aliphatic rings. The number of aromatic amines is 1. The Labute approximate surface area is 154 Å². The molecule has 26 heavy (non-hydrogen) atoms. The van der Waals surface area contributed by atoms with Crippen molar-refractivity contribution in [1.29, 1.82) is 0 Å². The van der Waals surface area contributed by atoms with Crippen LogP contribution in [0.15, 0.2) is 54.6 Å². The number of anilines is 1. The van der Waals surface area contributed by atoms with Gasteiger partial charge in [-0.25, -0.2) is 4.39 Å². The number of H-pyrrole nitrogens is 1. The van der Waals surface area contributed by atoms with Crippen LogP contribution in [0.1, 0.15) is 22.8 Å². The summed E-state index contributed by atoms with van der Waals surface area (Å²) in [5.41, 5.74) is 3.68. The minimum Gasteiger partial charge on any atom is -0.354 e. The van der Waals surface area contributed by atoms with Gasteiger partial charge in [-0.05, 0) is 36.2 Å². The number of rotatable bonds is 3. The van der Waals surface area contributed by atoms with Crippen molar-refractivity contribution in [1.82, 2.24) is 4.98 Å². The fraction of sp³-hybridized carbons (Fsp3) is 0.0952. The predicted molar refractivity (Wildman–Crippen MR) is 105 cm³/mol. The average molecular weight is 367 g/mol. The van der Waals surface area contributed by atoms with Crippen molar-refractivity contribution in [3.05, 3.63) is 76.6 Å². The van der Waals surface area contributed by atoms with E-state index < -0.39 is 11.7 Å². The van der Waals surface area contributed by atoms with E-state index in [1.165, 1.54) is 23.8 Å². The number of aryl methyl sites for hydroxylation is 1. The molecule has 0 saturated heterocycles. The Balaban J connectivity index is 1.74. The molecule has 1 amide bonds. The van der Waals surface area contributed by atoms with E-state index in [1.807, 2.05) is 18.2 Å². The molecule has 5 heteroatoms. The third kappa shape index (κ3) is 2.72. The number of nitrogens with one attached hydrogen (secondary N) is 2. The smallest absolute Gasteiger partial charge is 0.260 e. The van der Waals surface area contributed by atoms with Crippen molar-refractivity contribution in [3.8, 4) is 0 Å². The van der Waals surface area contributed by atoms with Gasteiger partial charge in [0.05, 0.1) is 10.6 Å². The number of benzene rings is 3. The number of aromatic nitrogens is 1. The summed E-state index contributed by atoms with van der Waals surface area (Å²) < 4.78 is 13.9. The summed E-state index contributed by atoms with van der Waals surface area (Å²) in [6, 6.07) is 16.0. The summed E-state index contributed by atoms with van der Waals surface area (Å²) in [7, 11) is 0. The molecule has 0 spiro atoms. The lowest BCUT2D eigenvalue weighted by Gasteiger charge is -2.08. The van der Waals surface area contributed by atoms with Gasteiger partial charge in [0.2, 0.25) is 0 Å². The predicted octanol–water partition coefficient (Wildman–Crippen LogP) is 5.93. The molecule has 0 unspecified atom stereocenters. The molecule has 4 aromatic rings. The van der Waals surface area contributed by atoms with E-state index in [-0.39, 0.29) is 10.6 Å². The molecule has 0 atom stereocenters. The van der Waals surface area contributed by atoms with Crippen LogP contribution in [0.4, 0.5) is 10.1 Å². The maximum atomic E-state index is 13.9. The zero-order valence-corrected chi connectivity index (χ0v) is 14.8. The average Bonchev–Trinajstić information content (AvgIpc) is 2.99. The van der Waals surface area contributed by atoms with Crippen LogP contribution < -0.4 is 5.32 Å². The third-order valence-corrected chi connectivity index (χ3v) is 4.86. The SMILES string of the molecule is CCc1cccc2c1[nH]c1cc(NC(=O)c3c(F)cccc3Cl)ccc12. The van der Waals surface area contributed by atoms with Gasteiger partial charge in [0.15, 0.2) is 0 Å². The van der Waals surface area contributed by atoms with E-state index >= 15 is 0 Å². The zero-order chi connectivity index (χ0) is 18.3. The highest BCUT2D eigenvalue weighted by molar-refractivity contribution is 6.34. The summed E-state index contributed by atoms with van der Waals surface area (Å²) in [6.07, 6.45) is 0.930. The van der Waals surface area contributed by atoms with Crippen LogP contribution in [0.5, 0.6) is 0 Å². The minimum absolute atomic E-state index is 0.0850. The van der Waals surface area contributed by atoms with Crippen LogP contribution in [0.3, 0.4) is 0 Å². The van der Waals surface area contributed by atoms with Crippen LogP contribution in [-0.4, -0.2) is 10.9 Å². The van der Waals surface area contributed by atoms with Crippen molar-refractivity contribution in [2.24, 2.45) is 0 Å². The first-order chi connectivity index (χ1) is 12.6. The molecule has 0 bridgehead atoms. The lowest BCUT2D eigenvalue weighted by molar-refractivity contribution is 0.102. The molecule has 2 N–H and O–H groups in total. The van der Waals surface area contributed by atoms with Crippen molar-refractivity contribution in [3.63, 3.8) is 0 Å². The first-order valence-electron chi connectivity index (χ1n) is 8.37. The van der Waals surface area contributed by atoms with E-state index in [2.05, 4.69) is 29.4 Å². The molecule has 3 aromatic carbocycles. The molecule has 0 aliphatic carbocycles. The van der Waals surface area contributed by atoms with Gasteiger partial charge < -0.3 is 10.3 Å². The summed E-state index contributed by atoms with van der Waals surface area (Å²) in [4.78, 5) is 15.8. The molecule has 1 heterocycles. The molecule has 0 fully saturated rings.